The van der Waals surface area contributed by atoms with Crippen LogP contribution in [0.3, 0.4) is 0 Å². The predicted molar refractivity (Wildman–Crippen MR) is 135 cm³/mol. The Bertz CT molecular complexity index is 1220. The van der Waals surface area contributed by atoms with Gasteiger partial charge in [-0.3, -0.25) is 19.8 Å². The van der Waals surface area contributed by atoms with E-state index in [1.807, 2.05) is 0 Å². The molecule has 0 atom stereocenters. The van der Waals surface area contributed by atoms with E-state index in [-0.39, 0.29) is 23.6 Å². The molecule has 3 aromatic rings. The first-order valence-corrected chi connectivity index (χ1v) is 12.6. The van der Waals surface area contributed by atoms with Gasteiger partial charge >= 0.3 is 0 Å². The van der Waals surface area contributed by atoms with Gasteiger partial charge in [0.05, 0.1) is 17.1 Å². The molecule has 35 heavy (non-hydrogen) atoms. The van der Waals surface area contributed by atoms with Crippen molar-refractivity contribution < 1.29 is 14.7 Å². The fourth-order valence-electron chi connectivity index (χ4n) is 5.38. The Morgan fingerprint density at radius 1 is 1.00 bits per heavy atom. The van der Waals surface area contributed by atoms with Gasteiger partial charge in [0, 0.05) is 23.7 Å². The SMILES string of the molecule is NC(=O)c1cccc(C(=O)Nc2nc3cc(CN4CCCCC4)ccc3n2C2CCC(O)CC2)c1. The standard InChI is InChI=1S/C27H33N5O3/c28-25(34)19-5-4-6-20(16-19)26(35)30-27-29-23-15-18(17-31-13-2-1-3-14-31)7-12-24(23)32(27)21-8-10-22(33)11-9-21/h4-7,12,15-16,21-22,33H,1-3,8-11,13-14,17H2,(H2,28,34)(H,29,30,35). The molecule has 2 aromatic carbocycles. The van der Waals surface area contributed by atoms with Crippen molar-refractivity contribution in [1.82, 2.24) is 14.5 Å². The van der Waals surface area contributed by atoms with Crippen LogP contribution in [0.5, 0.6) is 0 Å². The van der Waals surface area contributed by atoms with Gasteiger partial charge in [-0.15, -0.1) is 0 Å². The van der Waals surface area contributed by atoms with Gasteiger partial charge in [-0.05, 0) is 87.5 Å². The molecule has 2 fully saturated rings. The number of carbonyl (C=O) groups excluding carboxylic acids is 2. The lowest BCUT2D eigenvalue weighted by Crippen LogP contribution is -2.29. The molecule has 0 bridgehead atoms. The molecule has 8 heteroatoms. The third-order valence-corrected chi connectivity index (χ3v) is 7.27. The fraction of sp³-hybridized carbons (Fsp3) is 0.444. The highest BCUT2D eigenvalue weighted by atomic mass is 16.3. The van der Waals surface area contributed by atoms with Crippen molar-refractivity contribution in [2.45, 2.75) is 63.6 Å². The van der Waals surface area contributed by atoms with E-state index in [1.54, 1.807) is 18.2 Å². The molecule has 8 nitrogen and oxygen atoms in total. The summed E-state index contributed by atoms with van der Waals surface area (Å²) in [6, 6.07) is 12.9. The van der Waals surface area contributed by atoms with E-state index in [2.05, 4.69) is 33.0 Å². The Balaban J connectivity index is 1.46. The minimum atomic E-state index is -0.575. The highest BCUT2D eigenvalue weighted by molar-refractivity contribution is 6.05. The number of likely N-dealkylation sites (tertiary alicyclic amines) is 1. The smallest absolute Gasteiger partial charge is 0.257 e. The number of aliphatic hydroxyl groups excluding tert-OH is 1. The van der Waals surface area contributed by atoms with Crippen molar-refractivity contribution in [3.63, 3.8) is 0 Å². The Kier molecular flexibility index (Phi) is 6.83. The van der Waals surface area contributed by atoms with Crippen LogP contribution in [0.2, 0.25) is 0 Å². The lowest BCUT2D eigenvalue weighted by molar-refractivity contribution is 0.1000. The first-order chi connectivity index (χ1) is 17.0. The van der Waals surface area contributed by atoms with Crippen LogP contribution in [-0.2, 0) is 6.54 Å². The molecular formula is C27H33N5O3. The summed E-state index contributed by atoms with van der Waals surface area (Å²) in [4.78, 5) is 32.0. The third-order valence-electron chi connectivity index (χ3n) is 7.27. The number of nitrogens with one attached hydrogen (secondary N) is 1. The molecule has 1 aliphatic heterocycles. The maximum Gasteiger partial charge on any atom is 0.257 e. The monoisotopic (exact) mass is 475 g/mol. The topological polar surface area (TPSA) is 113 Å². The van der Waals surface area contributed by atoms with Gasteiger partial charge in [0.1, 0.15) is 0 Å². The van der Waals surface area contributed by atoms with E-state index in [4.69, 9.17) is 10.7 Å². The summed E-state index contributed by atoms with van der Waals surface area (Å²) in [6.07, 6.45) is 6.63. The molecule has 2 heterocycles. The van der Waals surface area contributed by atoms with Crippen molar-refractivity contribution in [1.29, 1.82) is 0 Å². The summed E-state index contributed by atoms with van der Waals surface area (Å²) >= 11 is 0. The van der Waals surface area contributed by atoms with E-state index >= 15 is 0 Å². The quantitative estimate of drug-likeness (QED) is 0.501. The molecule has 2 amide bonds. The number of nitrogens with zero attached hydrogens (tertiary/aromatic N) is 3. The van der Waals surface area contributed by atoms with Crippen molar-refractivity contribution in [3.05, 3.63) is 59.2 Å². The first-order valence-electron chi connectivity index (χ1n) is 12.6. The van der Waals surface area contributed by atoms with Crippen LogP contribution in [0, 0.1) is 0 Å². The number of aromatic nitrogens is 2. The number of piperidine rings is 1. The number of hydrogen-bond donors (Lipinski definition) is 3. The van der Waals surface area contributed by atoms with E-state index in [1.165, 1.54) is 30.9 Å². The number of nitrogens with two attached hydrogens (primary N) is 1. The van der Waals surface area contributed by atoms with Gasteiger partial charge in [-0.2, -0.15) is 0 Å². The molecule has 0 spiro atoms. The zero-order valence-corrected chi connectivity index (χ0v) is 19.9. The van der Waals surface area contributed by atoms with Crippen molar-refractivity contribution >= 4 is 28.8 Å². The number of primary amides is 1. The number of rotatable bonds is 6. The number of amides is 2. The summed E-state index contributed by atoms with van der Waals surface area (Å²) < 4.78 is 2.11. The minimum absolute atomic E-state index is 0.142. The van der Waals surface area contributed by atoms with E-state index in [9.17, 15) is 14.7 Å². The van der Waals surface area contributed by atoms with Crippen molar-refractivity contribution in [2.75, 3.05) is 18.4 Å². The van der Waals surface area contributed by atoms with E-state index < -0.39 is 5.91 Å². The maximum atomic E-state index is 13.1. The number of imidazole rings is 1. The number of benzene rings is 2. The number of aliphatic hydroxyl groups is 1. The predicted octanol–water partition coefficient (Wildman–Crippen LogP) is 3.85. The summed E-state index contributed by atoms with van der Waals surface area (Å²) in [5, 5.41) is 13.0. The average Bonchev–Trinajstić information content (AvgIpc) is 3.22. The molecule has 1 saturated carbocycles. The largest absolute Gasteiger partial charge is 0.393 e. The Labute approximate surface area is 205 Å². The van der Waals surface area contributed by atoms with Gasteiger partial charge < -0.3 is 15.4 Å². The molecule has 1 aliphatic carbocycles. The Hall–Kier alpha value is -3.23. The molecule has 0 radical (unpaired) electrons. The van der Waals surface area contributed by atoms with Gasteiger partial charge in [-0.1, -0.05) is 18.6 Å². The van der Waals surface area contributed by atoms with Crippen molar-refractivity contribution in [2.24, 2.45) is 5.73 Å². The molecule has 5 rings (SSSR count). The number of anilines is 1. The highest BCUT2D eigenvalue weighted by Crippen LogP contribution is 2.35. The summed E-state index contributed by atoms with van der Waals surface area (Å²) in [5.74, 6) is -0.422. The average molecular weight is 476 g/mol. The zero-order chi connectivity index (χ0) is 24.4. The molecule has 1 saturated heterocycles. The van der Waals surface area contributed by atoms with Crippen LogP contribution in [-0.4, -0.2) is 50.6 Å². The molecular weight excluding hydrogens is 442 g/mol. The highest BCUT2D eigenvalue weighted by Gasteiger charge is 2.26. The van der Waals surface area contributed by atoms with Crippen LogP contribution in [0.1, 0.15) is 77.3 Å². The number of carbonyl (C=O) groups is 2. The van der Waals surface area contributed by atoms with Gasteiger partial charge in [0.2, 0.25) is 11.9 Å². The lowest BCUT2D eigenvalue weighted by Gasteiger charge is -2.28. The van der Waals surface area contributed by atoms with Crippen LogP contribution >= 0.6 is 0 Å². The van der Waals surface area contributed by atoms with Gasteiger partial charge in [0.15, 0.2) is 0 Å². The second-order valence-electron chi connectivity index (χ2n) is 9.83. The lowest BCUT2D eigenvalue weighted by atomic mass is 9.93. The Morgan fingerprint density at radius 2 is 1.74 bits per heavy atom. The second-order valence-corrected chi connectivity index (χ2v) is 9.83. The van der Waals surface area contributed by atoms with Crippen LogP contribution in [0.4, 0.5) is 5.95 Å². The van der Waals surface area contributed by atoms with Crippen LogP contribution in [0.15, 0.2) is 42.5 Å². The third kappa shape index (κ3) is 5.23. The Morgan fingerprint density at radius 3 is 2.49 bits per heavy atom. The molecule has 2 aliphatic rings. The molecule has 4 N–H and O–H groups in total. The van der Waals surface area contributed by atoms with Gasteiger partial charge in [-0.25, -0.2) is 4.98 Å². The van der Waals surface area contributed by atoms with Crippen LogP contribution in [0.25, 0.3) is 11.0 Å². The normalized spacial score (nSPS) is 21.2. The molecule has 184 valence electrons. The summed E-state index contributed by atoms with van der Waals surface area (Å²) in [7, 11) is 0. The second kappa shape index (κ2) is 10.2. The number of fused-ring (bicyclic) bond motifs is 1. The van der Waals surface area contributed by atoms with Crippen LogP contribution < -0.4 is 11.1 Å². The van der Waals surface area contributed by atoms with E-state index in [0.29, 0.717) is 11.5 Å². The minimum Gasteiger partial charge on any atom is -0.393 e. The molecule has 1 aromatic heterocycles. The first kappa shape index (κ1) is 23.5. The van der Waals surface area contributed by atoms with Crippen molar-refractivity contribution in [3.8, 4) is 0 Å². The zero-order valence-electron chi connectivity index (χ0n) is 19.9. The van der Waals surface area contributed by atoms with Gasteiger partial charge in [0.25, 0.3) is 5.91 Å². The maximum absolute atomic E-state index is 13.1. The van der Waals surface area contributed by atoms with E-state index in [0.717, 1.165) is 56.4 Å². The molecule has 0 unspecified atom stereocenters. The summed E-state index contributed by atoms with van der Waals surface area (Å²) in [6.45, 7) is 3.16. The fourth-order valence-corrected chi connectivity index (χ4v) is 5.38. The summed E-state index contributed by atoms with van der Waals surface area (Å²) in [5.41, 5.74) is 9.08. The number of hydrogen-bond acceptors (Lipinski definition) is 5.